The number of ether oxygens (including phenoxy) is 2. The average Bonchev–Trinajstić information content (AvgIpc) is 3.04. The summed E-state index contributed by atoms with van der Waals surface area (Å²) in [6.45, 7) is 5.37. The molecule has 3 rings (SSSR count). The summed E-state index contributed by atoms with van der Waals surface area (Å²) in [4.78, 5) is 0.285. The summed E-state index contributed by atoms with van der Waals surface area (Å²) in [5.74, 6) is 1.08. The van der Waals surface area contributed by atoms with Crippen LogP contribution in [0.4, 0.5) is 0 Å². The summed E-state index contributed by atoms with van der Waals surface area (Å²) in [7, 11) is -3.53. The maximum absolute atomic E-state index is 12.8. The molecule has 2 aliphatic rings. The molecule has 0 amide bonds. The molecule has 1 saturated heterocycles. The smallest absolute Gasteiger partial charge is 0.243 e. The van der Waals surface area contributed by atoms with Crippen molar-refractivity contribution < 1.29 is 17.9 Å². The number of hydrogen-bond donors (Lipinski definition) is 1. The van der Waals surface area contributed by atoms with Gasteiger partial charge in [0.1, 0.15) is 0 Å². The number of aryl methyl sites for hydroxylation is 1. The number of hydrogen-bond acceptors (Lipinski definition) is 5. The van der Waals surface area contributed by atoms with Crippen molar-refractivity contribution in [2.75, 3.05) is 26.4 Å². The van der Waals surface area contributed by atoms with Crippen LogP contribution >= 0.6 is 12.4 Å². The van der Waals surface area contributed by atoms with E-state index in [4.69, 9.17) is 15.2 Å². The molecule has 6 nitrogen and oxygen atoms in total. The second-order valence-corrected chi connectivity index (χ2v) is 7.98. The molecule has 1 fully saturated rings. The van der Waals surface area contributed by atoms with Gasteiger partial charge in [0, 0.05) is 19.2 Å². The highest BCUT2D eigenvalue weighted by Crippen LogP contribution is 2.39. The zero-order valence-corrected chi connectivity index (χ0v) is 14.3. The maximum atomic E-state index is 12.8. The molecule has 0 aromatic heterocycles. The summed E-state index contributed by atoms with van der Waals surface area (Å²) in [5.41, 5.74) is 6.28. The van der Waals surface area contributed by atoms with E-state index in [-0.39, 0.29) is 29.5 Å². The number of fused-ring (bicyclic) bond motifs is 1. The van der Waals surface area contributed by atoms with Crippen molar-refractivity contribution in [1.82, 2.24) is 4.31 Å². The molecule has 8 heteroatoms. The van der Waals surface area contributed by atoms with Crippen LogP contribution in [-0.2, 0) is 10.0 Å². The van der Waals surface area contributed by atoms with Crippen LogP contribution in [0, 0.1) is 12.3 Å². The lowest BCUT2D eigenvalue weighted by atomic mass is 9.90. The lowest BCUT2D eigenvalue weighted by molar-refractivity contribution is 0.174. The van der Waals surface area contributed by atoms with Crippen LogP contribution in [0.5, 0.6) is 11.5 Å². The van der Waals surface area contributed by atoms with Gasteiger partial charge in [-0.25, -0.2) is 8.42 Å². The molecular formula is C14H21ClN2O4S. The van der Waals surface area contributed by atoms with Crippen molar-refractivity contribution in [2.45, 2.75) is 25.2 Å². The van der Waals surface area contributed by atoms with E-state index < -0.39 is 10.0 Å². The lowest BCUT2D eigenvalue weighted by Crippen LogP contribution is -2.34. The second kappa shape index (κ2) is 5.88. The Bertz CT molecular complexity index is 680. The minimum Gasteiger partial charge on any atom is -0.454 e. The molecule has 1 aromatic carbocycles. The molecule has 0 saturated carbocycles. The topological polar surface area (TPSA) is 81.9 Å². The minimum absolute atomic E-state index is 0. The Hall–Kier alpha value is -1.02. The van der Waals surface area contributed by atoms with Crippen LogP contribution in [0.15, 0.2) is 17.0 Å². The number of nitrogens with zero attached hydrogens (tertiary/aromatic N) is 1. The monoisotopic (exact) mass is 348 g/mol. The fraction of sp³-hybridized carbons (Fsp3) is 0.571. The minimum atomic E-state index is -3.53. The molecular weight excluding hydrogens is 328 g/mol. The molecule has 0 bridgehead atoms. The van der Waals surface area contributed by atoms with Gasteiger partial charge in [0.2, 0.25) is 16.8 Å². The Labute approximate surface area is 137 Å². The number of nitrogens with two attached hydrogens (primary N) is 1. The van der Waals surface area contributed by atoms with Gasteiger partial charge >= 0.3 is 0 Å². The van der Waals surface area contributed by atoms with Crippen molar-refractivity contribution in [3.8, 4) is 11.5 Å². The van der Waals surface area contributed by atoms with E-state index in [1.807, 2.05) is 6.92 Å². The highest BCUT2D eigenvalue weighted by molar-refractivity contribution is 7.89. The summed E-state index contributed by atoms with van der Waals surface area (Å²) in [6.07, 6.45) is 0.784. The SMILES string of the molecule is Cc1cc2c(cc1S(=O)(=O)N1CCC(C)(CN)C1)OCO2.Cl. The quantitative estimate of drug-likeness (QED) is 0.895. The molecule has 1 unspecified atom stereocenters. The fourth-order valence-electron chi connectivity index (χ4n) is 2.79. The molecule has 124 valence electrons. The summed E-state index contributed by atoms with van der Waals surface area (Å²) in [6, 6.07) is 3.28. The first-order valence-electron chi connectivity index (χ1n) is 6.96. The average molecular weight is 349 g/mol. The Morgan fingerprint density at radius 3 is 2.55 bits per heavy atom. The van der Waals surface area contributed by atoms with E-state index in [0.717, 1.165) is 6.42 Å². The van der Waals surface area contributed by atoms with Crippen LogP contribution in [0.1, 0.15) is 18.9 Å². The van der Waals surface area contributed by atoms with E-state index >= 15 is 0 Å². The highest BCUT2D eigenvalue weighted by Gasteiger charge is 2.40. The van der Waals surface area contributed by atoms with Crippen LogP contribution in [0.3, 0.4) is 0 Å². The summed E-state index contributed by atoms with van der Waals surface area (Å²) < 4.78 is 37.8. The van der Waals surface area contributed by atoms with Gasteiger partial charge in [0.05, 0.1) is 4.90 Å². The number of halogens is 1. The highest BCUT2D eigenvalue weighted by atomic mass is 35.5. The largest absolute Gasteiger partial charge is 0.454 e. The molecule has 0 aliphatic carbocycles. The number of benzene rings is 1. The van der Waals surface area contributed by atoms with E-state index in [2.05, 4.69) is 0 Å². The molecule has 2 N–H and O–H groups in total. The lowest BCUT2D eigenvalue weighted by Gasteiger charge is -2.23. The summed E-state index contributed by atoms with van der Waals surface area (Å²) in [5, 5.41) is 0. The molecule has 2 heterocycles. The molecule has 22 heavy (non-hydrogen) atoms. The van der Waals surface area contributed by atoms with E-state index in [1.54, 1.807) is 19.1 Å². The number of sulfonamides is 1. The van der Waals surface area contributed by atoms with Gasteiger partial charge in [0.25, 0.3) is 0 Å². The zero-order valence-electron chi connectivity index (χ0n) is 12.7. The molecule has 0 spiro atoms. The normalized spacial score (nSPS) is 24.3. The fourth-order valence-corrected chi connectivity index (χ4v) is 4.61. The van der Waals surface area contributed by atoms with Crippen LogP contribution in [-0.4, -0.2) is 39.2 Å². The predicted octanol–water partition coefficient (Wildman–Crippen LogP) is 1.50. The second-order valence-electron chi connectivity index (χ2n) is 6.07. The van der Waals surface area contributed by atoms with Crippen LogP contribution in [0.2, 0.25) is 0 Å². The van der Waals surface area contributed by atoms with Gasteiger partial charge < -0.3 is 15.2 Å². The van der Waals surface area contributed by atoms with Crippen LogP contribution < -0.4 is 15.2 Å². The van der Waals surface area contributed by atoms with E-state index in [9.17, 15) is 8.42 Å². The van der Waals surface area contributed by atoms with Crippen molar-refractivity contribution in [3.63, 3.8) is 0 Å². The first-order valence-corrected chi connectivity index (χ1v) is 8.40. The van der Waals surface area contributed by atoms with Crippen molar-refractivity contribution in [1.29, 1.82) is 0 Å². The van der Waals surface area contributed by atoms with Crippen LogP contribution in [0.25, 0.3) is 0 Å². The molecule has 2 aliphatic heterocycles. The van der Waals surface area contributed by atoms with Gasteiger partial charge in [-0.05, 0) is 36.9 Å². The molecule has 1 aromatic rings. The molecule has 1 atom stereocenters. The van der Waals surface area contributed by atoms with Gasteiger partial charge in [-0.2, -0.15) is 4.31 Å². The number of rotatable bonds is 3. The van der Waals surface area contributed by atoms with Crippen molar-refractivity contribution >= 4 is 22.4 Å². The zero-order chi connectivity index (χ0) is 15.3. The third-order valence-corrected chi connectivity index (χ3v) is 6.29. The Morgan fingerprint density at radius 2 is 1.95 bits per heavy atom. The standard InChI is InChI=1S/C14H20N2O4S.ClH/c1-10-5-11-12(20-9-19-11)6-13(10)21(17,18)16-4-3-14(2,7-15)8-16;/h5-6H,3-4,7-9,15H2,1-2H3;1H. The van der Waals surface area contributed by atoms with E-state index in [1.165, 1.54) is 4.31 Å². The molecule has 0 radical (unpaired) electrons. The first kappa shape index (κ1) is 17.3. The van der Waals surface area contributed by atoms with Gasteiger partial charge in [-0.3, -0.25) is 0 Å². The van der Waals surface area contributed by atoms with Crippen molar-refractivity contribution in [2.24, 2.45) is 11.1 Å². The Morgan fingerprint density at radius 1 is 1.32 bits per heavy atom. The first-order chi connectivity index (χ1) is 9.86. The Kier molecular flexibility index (Phi) is 4.64. The third-order valence-electron chi connectivity index (χ3n) is 4.30. The van der Waals surface area contributed by atoms with Gasteiger partial charge in [-0.15, -0.1) is 12.4 Å². The third kappa shape index (κ3) is 2.78. The predicted molar refractivity (Wildman–Crippen MR) is 85.1 cm³/mol. The summed E-state index contributed by atoms with van der Waals surface area (Å²) >= 11 is 0. The van der Waals surface area contributed by atoms with Crippen molar-refractivity contribution in [3.05, 3.63) is 17.7 Å². The van der Waals surface area contributed by atoms with E-state index in [0.29, 0.717) is 36.7 Å². The Balaban J connectivity index is 0.00000176. The van der Waals surface area contributed by atoms with Gasteiger partial charge in [-0.1, -0.05) is 6.92 Å². The van der Waals surface area contributed by atoms with Gasteiger partial charge in [0.15, 0.2) is 11.5 Å². The maximum Gasteiger partial charge on any atom is 0.243 e.